The highest BCUT2D eigenvalue weighted by atomic mass is 16.1. The van der Waals surface area contributed by atoms with E-state index in [2.05, 4.69) is 4.98 Å². The molecule has 3 nitrogen and oxygen atoms in total. The Morgan fingerprint density at radius 3 is 2.12 bits per heavy atom. The molecule has 0 atom stereocenters. The number of hydrogen-bond acceptors (Lipinski definition) is 3. The van der Waals surface area contributed by atoms with Crippen molar-refractivity contribution in [3.05, 3.63) is 65.5 Å². The van der Waals surface area contributed by atoms with Gasteiger partial charge in [-0.1, -0.05) is 0 Å². The summed E-state index contributed by atoms with van der Waals surface area (Å²) in [6, 6.07) is 11.9. The van der Waals surface area contributed by atoms with Crippen molar-refractivity contribution in [2.75, 3.05) is 0 Å². The van der Waals surface area contributed by atoms with Crippen LogP contribution in [0.5, 0.6) is 0 Å². The van der Waals surface area contributed by atoms with Crippen molar-refractivity contribution in [1.82, 2.24) is 4.98 Å². The number of rotatable bonds is 2. The quantitative estimate of drug-likeness (QED) is 0.711. The van der Waals surface area contributed by atoms with Crippen molar-refractivity contribution < 1.29 is 4.79 Å². The summed E-state index contributed by atoms with van der Waals surface area (Å²) in [7, 11) is 0. The minimum absolute atomic E-state index is 0.0631. The molecular formula is C13H8N2O. The molecule has 0 radical (unpaired) electrons. The molecule has 0 amide bonds. The second-order valence-corrected chi connectivity index (χ2v) is 3.25. The zero-order valence-electron chi connectivity index (χ0n) is 8.42. The summed E-state index contributed by atoms with van der Waals surface area (Å²) < 4.78 is 0. The molecule has 0 unspecified atom stereocenters. The number of carbonyl (C=O) groups excluding carboxylic acids is 1. The lowest BCUT2D eigenvalue weighted by Crippen LogP contribution is -2.00. The number of ketones is 1. The molecule has 0 bridgehead atoms. The van der Waals surface area contributed by atoms with Gasteiger partial charge in [0, 0.05) is 23.5 Å². The average molecular weight is 208 g/mol. The van der Waals surface area contributed by atoms with Gasteiger partial charge in [-0.2, -0.15) is 5.26 Å². The summed E-state index contributed by atoms with van der Waals surface area (Å²) in [5.74, 6) is -0.0631. The molecule has 0 N–H and O–H groups in total. The number of aromatic nitrogens is 1. The monoisotopic (exact) mass is 208 g/mol. The van der Waals surface area contributed by atoms with E-state index in [0.29, 0.717) is 16.7 Å². The maximum atomic E-state index is 11.9. The Kier molecular flexibility index (Phi) is 2.75. The van der Waals surface area contributed by atoms with Crippen LogP contribution < -0.4 is 0 Å². The maximum Gasteiger partial charge on any atom is 0.193 e. The van der Waals surface area contributed by atoms with Crippen LogP contribution in [-0.4, -0.2) is 10.8 Å². The van der Waals surface area contributed by atoms with Gasteiger partial charge in [-0.15, -0.1) is 0 Å². The summed E-state index contributed by atoms with van der Waals surface area (Å²) in [6.45, 7) is 0. The van der Waals surface area contributed by atoms with Crippen LogP contribution in [0.4, 0.5) is 0 Å². The van der Waals surface area contributed by atoms with Gasteiger partial charge in [-0.25, -0.2) is 0 Å². The molecule has 3 heteroatoms. The third-order valence-corrected chi connectivity index (χ3v) is 2.22. The van der Waals surface area contributed by atoms with E-state index < -0.39 is 0 Å². The van der Waals surface area contributed by atoms with Gasteiger partial charge in [-0.05, 0) is 36.4 Å². The second kappa shape index (κ2) is 4.37. The van der Waals surface area contributed by atoms with Crippen LogP contribution in [0.2, 0.25) is 0 Å². The molecule has 0 aliphatic carbocycles. The van der Waals surface area contributed by atoms with Crippen LogP contribution in [0.15, 0.2) is 48.8 Å². The van der Waals surface area contributed by atoms with Crippen LogP contribution >= 0.6 is 0 Å². The minimum atomic E-state index is -0.0631. The van der Waals surface area contributed by atoms with Crippen LogP contribution in [-0.2, 0) is 0 Å². The van der Waals surface area contributed by atoms with E-state index in [0.717, 1.165) is 0 Å². The number of nitrogens with zero attached hydrogens (tertiary/aromatic N) is 2. The molecule has 2 rings (SSSR count). The Morgan fingerprint density at radius 1 is 1.00 bits per heavy atom. The number of hydrogen-bond donors (Lipinski definition) is 0. The fourth-order valence-corrected chi connectivity index (χ4v) is 1.37. The number of pyridine rings is 1. The van der Waals surface area contributed by atoms with E-state index in [1.54, 1.807) is 48.8 Å². The molecular weight excluding hydrogens is 200 g/mol. The Hall–Kier alpha value is -2.47. The molecule has 2 aromatic rings. The van der Waals surface area contributed by atoms with E-state index in [1.807, 2.05) is 6.07 Å². The minimum Gasteiger partial charge on any atom is -0.289 e. The summed E-state index contributed by atoms with van der Waals surface area (Å²) in [5.41, 5.74) is 1.72. The molecule has 0 fully saturated rings. The van der Waals surface area contributed by atoms with E-state index >= 15 is 0 Å². The first-order valence-electron chi connectivity index (χ1n) is 4.76. The van der Waals surface area contributed by atoms with Crippen molar-refractivity contribution in [3.63, 3.8) is 0 Å². The lowest BCUT2D eigenvalue weighted by Gasteiger charge is -2.00. The van der Waals surface area contributed by atoms with Gasteiger partial charge in [0.25, 0.3) is 0 Å². The summed E-state index contributed by atoms with van der Waals surface area (Å²) in [6.07, 6.45) is 3.16. The molecule has 76 valence electrons. The van der Waals surface area contributed by atoms with Crippen molar-refractivity contribution in [3.8, 4) is 6.07 Å². The molecule has 0 saturated heterocycles. The summed E-state index contributed by atoms with van der Waals surface area (Å²) >= 11 is 0. The molecule has 0 spiro atoms. The smallest absolute Gasteiger partial charge is 0.193 e. The Balaban J connectivity index is 2.32. The normalized spacial score (nSPS) is 9.44. The summed E-state index contributed by atoms with van der Waals surface area (Å²) in [5, 5.41) is 8.64. The number of benzene rings is 1. The van der Waals surface area contributed by atoms with Crippen molar-refractivity contribution in [1.29, 1.82) is 5.26 Å². The van der Waals surface area contributed by atoms with Crippen LogP contribution in [0.1, 0.15) is 21.5 Å². The molecule has 0 saturated carbocycles. The number of nitriles is 1. The predicted octanol–water partition coefficient (Wildman–Crippen LogP) is 2.18. The first-order chi connectivity index (χ1) is 7.81. The van der Waals surface area contributed by atoms with Gasteiger partial charge in [0.1, 0.15) is 0 Å². The largest absolute Gasteiger partial charge is 0.289 e. The van der Waals surface area contributed by atoms with Gasteiger partial charge in [0.2, 0.25) is 0 Å². The Morgan fingerprint density at radius 2 is 1.56 bits per heavy atom. The van der Waals surface area contributed by atoms with Gasteiger partial charge in [0.05, 0.1) is 11.6 Å². The van der Waals surface area contributed by atoms with Crippen molar-refractivity contribution in [2.45, 2.75) is 0 Å². The molecule has 1 aromatic heterocycles. The standard InChI is InChI=1S/C13H8N2O/c14-9-10-1-3-11(4-2-10)13(16)12-5-7-15-8-6-12/h1-8H. The molecule has 1 heterocycles. The molecule has 1 aromatic carbocycles. The number of carbonyl (C=O) groups is 1. The third kappa shape index (κ3) is 1.96. The van der Waals surface area contributed by atoms with Crippen LogP contribution in [0, 0.1) is 11.3 Å². The molecule has 0 aliphatic rings. The van der Waals surface area contributed by atoms with Crippen molar-refractivity contribution in [2.24, 2.45) is 0 Å². The highest BCUT2D eigenvalue weighted by Gasteiger charge is 2.07. The lowest BCUT2D eigenvalue weighted by atomic mass is 10.0. The zero-order chi connectivity index (χ0) is 11.4. The highest BCUT2D eigenvalue weighted by Crippen LogP contribution is 2.09. The zero-order valence-corrected chi connectivity index (χ0v) is 8.42. The summed E-state index contributed by atoms with van der Waals surface area (Å²) in [4.78, 5) is 15.8. The fourth-order valence-electron chi connectivity index (χ4n) is 1.37. The van der Waals surface area contributed by atoms with E-state index in [9.17, 15) is 4.79 Å². The Bertz CT molecular complexity index is 538. The maximum absolute atomic E-state index is 11.9. The third-order valence-electron chi connectivity index (χ3n) is 2.22. The van der Waals surface area contributed by atoms with E-state index in [-0.39, 0.29) is 5.78 Å². The lowest BCUT2D eigenvalue weighted by molar-refractivity contribution is 0.103. The Labute approximate surface area is 93.0 Å². The van der Waals surface area contributed by atoms with Gasteiger partial charge in [-0.3, -0.25) is 9.78 Å². The first-order valence-corrected chi connectivity index (χ1v) is 4.76. The predicted molar refractivity (Wildman–Crippen MR) is 58.8 cm³/mol. The molecule has 0 aliphatic heterocycles. The SMILES string of the molecule is N#Cc1ccc(C(=O)c2ccncc2)cc1. The van der Waals surface area contributed by atoms with Crippen LogP contribution in [0.3, 0.4) is 0 Å². The second-order valence-electron chi connectivity index (χ2n) is 3.25. The average Bonchev–Trinajstić information content (AvgIpc) is 2.39. The van der Waals surface area contributed by atoms with Crippen molar-refractivity contribution >= 4 is 5.78 Å². The van der Waals surface area contributed by atoms with Gasteiger partial charge >= 0.3 is 0 Å². The van der Waals surface area contributed by atoms with Gasteiger partial charge < -0.3 is 0 Å². The van der Waals surface area contributed by atoms with E-state index in [1.165, 1.54) is 0 Å². The van der Waals surface area contributed by atoms with Crippen LogP contribution in [0.25, 0.3) is 0 Å². The van der Waals surface area contributed by atoms with E-state index in [4.69, 9.17) is 5.26 Å². The fraction of sp³-hybridized carbons (Fsp3) is 0. The van der Waals surface area contributed by atoms with Gasteiger partial charge in [0.15, 0.2) is 5.78 Å². The highest BCUT2D eigenvalue weighted by molar-refractivity contribution is 6.08. The topological polar surface area (TPSA) is 53.8 Å². The first kappa shape index (κ1) is 10.1. The molecule has 16 heavy (non-hydrogen) atoms.